The molecule has 1 aliphatic heterocycles. The molecular formula is C21H15ClN4O3S. The van der Waals surface area contributed by atoms with Crippen molar-refractivity contribution in [1.82, 2.24) is 9.55 Å². The molecule has 2 aromatic carbocycles. The van der Waals surface area contributed by atoms with Gasteiger partial charge in [0.1, 0.15) is 5.03 Å². The van der Waals surface area contributed by atoms with Crippen LogP contribution in [0, 0.1) is 0 Å². The lowest BCUT2D eigenvalue weighted by Gasteiger charge is -2.17. The SMILES string of the molecule is CC(=O)C1=NN(c2ccc(Cl)cc2)/C(=C(/C=O)C(=O)c2nc3ccccc3n2C)S1. The standard InChI is InChI=1S/C21H15ClN4O3S/c1-12(28)20-24-26(14-9-7-13(22)8-10-14)21(30-20)15(11-27)18(29)19-23-16-5-3-4-6-17(16)25(19)2/h3-11H,1-2H3/b21-15+. The number of thioether (sulfide) groups is 1. The van der Waals surface area contributed by atoms with Gasteiger partial charge >= 0.3 is 0 Å². The van der Waals surface area contributed by atoms with Crippen LogP contribution < -0.4 is 5.01 Å². The van der Waals surface area contributed by atoms with E-state index >= 15 is 0 Å². The zero-order valence-electron chi connectivity index (χ0n) is 16.0. The van der Waals surface area contributed by atoms with Crippen LogP contribution in [0.3, 0.4) is 0 Å². The second kappa shape index (κ2) is 7.89. The molecule has 0 N–H and O–H groups in total. The van der Waals surface area contributed by atoms with E-state index in [1.54, 1.807) is 41.9 Å². The maximum atomic E-state index is 13.3. The topological polar surface area (TPSA) is 84.6 Å². The third-order valence-corrected chi connectivity index (χ3v) is 5.93. The first-order valence-corrected chi connectivity index (χ1v) is 10.1. The van der Waals surface area contributed by atoms with Crippen molar-refractivity contribution in [2.75, 3.05) is 5.01 Å². The Morgan fingerprint density at radius 1 is 1.10 bits per heavy atom. The number of rotatable bonds is 5. The van der Waals surface area contributed by atoms with Crippen molar-refractivity contribution in [3.63, 3.8) is 0 Å². The van der Waals surface area contributed by atoms with Gasteiger partial charge in [-0.15, -0.1) is 0 Å². The highest BCUT2D eigenvalue weighted by atomic mass is 35.5. The molecule has 0 amide bonds. The molecular weight excluding hydrogens is 424 g/mol. The Balaban J connectivity index is 1.85. The molecule has 7 nitrogen and oxygen atoms in total. The minimum absolute atomic E-state index is 0.124. The van der Waals surface area contributed by atoms with Gasteiger partial charge in [-0.1, -0.05) is 23.7 Å². The molecule has 0 radical (unpaired) electrons. The average Bonchev–Trinajstić information content (AvgIpc) is 3.32. The van der Waals surface area contributed by atoms with Gasteiger partial charge in [-0.3, -0.25) is 14.4 Å². The molecule has 0 fully saturated rings. The molecule has 4 rings (SSSR count). The van der Waals surface area contributed by atoms with E-state index in [1.165, 1.54) is 11.9 Å². The molecule has 0 saturated carbocycles. The number of carbonyl (C=O) groups is 3. The molecule has 0 aliphatic carbocycles. The number of aromatic nitrogens is 2. The lowest BCUT2D eigenvalue weighted by molar-refractivity contribution is -0.110. The van der Waals surface area contributed by atoms with Crippen LogP contribution in [0.5, 0.6) is 0 Å². The van der Waals surface area contributed by atoms with Crippen LogP contribution in [-0.4, -0.2) is 32.4 Å². The molecule has 0 atom stereocenters. The number of para-hydroxylation sites is 2. The van der Waals surface area contributed by atoms with E-state index in [1.807, 2.05) is 18.2 Å². The van der Waals surface area contributed by atoms with Gasteiger partial charge in [-0.25, -0.2) is 9.99 Å². The fourth-order valence-corrected chi connectivity index (χ4v) is 4.09. The second-order valence-corrected chi connectivity index (χ2v) is 7.91. The van der Waals surface area contributed by atoms with Crippen LogP contribution in [0.1, 0.15) is 17.5 Å². The van der Waals surface area contributed by atoms with Crippen molar-refractivity contribution in [2.45, 2.75) is 6.92 Å². The van der Waals surface area contributed by atoms with Gasteiger partial charge in [0, 0.05) is 19.0 Å². The summed E-state index contributed by atoms with van der Waals surface area (Å²) in [4.78, 5) is 41.6. The Morgan fingerprint density at radius 2 is 1.80 bits per heavy atom. The number of fused-ring (bicyclic) bond motifs is 1. The molecule has 0 bridgehead atoms. The highest BCUT2D eigenvalue weighted by Crippen LogP contribution is 2.37. The average molecular weight is 439 g/mol. The minimum Gasteiger partial charge on any atom is -0.324 e. The van der Waals surface area contributed by atoms with Gasteiger partial charge in [0.25, 0.3) is 0 Å². The van der Waals surface area contributed by atoms with Crippen LogP contribution in [0.4, 0.5) is 5.69 Å². The number of halogens is 1. The largest absolute Gasteiger partial charge is 0.324 e. The molecule has 0 unspecified atom stereocenters. The summed E-state index contributed by atoms with van der Waals surface area (Å²) in [5, 5.41) is 6.66. The predicted molar refractivity (Wildman–Crippen MR) is 118 cm³/mol. The van der Waals surface area contributed by atoms with Crippen LogP contribution in [0.25, 0.3) is 11.0 Å². The van der Waals surface area contributed by atoms with E-state index in [2.05, 4.69) is 10.1 Å². The first-order valence-electron chi connectivity index (χ1n) is 8.89. The molecule has 1 aromatic heterocycles. The quantitative estimate of drug-likeness (QED) is 0.197. The third-order valence-electron chi connectivity index (χ3n) is 4.53. The lowest BCUT2D eigenvalue weighted by Crippen LogP contribution is -2.18. The van der Waals surface area contributed by atoms with Gasteiger partial charge < -0.3 is 4.57 Å². The maximum absolute atomic E-state index is 13.3. The number of nitrogens with zero attached hydrogens (tertiary/aromatic N) is 4. The number of benzene rings is 2. The van der Waals surface area contributed by atoms with Crippen molar-refractivity contribution in [1.29, 1.82) is 0 Å². The summed E-state index contributed by atoms with van der Waals surface area (Å²) >= 11 is 6.94. The highest BCUT2D eigenvalue weighted by molar-refractivity contribution is 8.19. The number of aryl methyl sites for hydroxylation is 1. The van der Waals surface area contributed by atoms with Gasteiger partial charge in [-0.05, 0) is 48.2 Å². The van der Waals surface area contributed by atoms with E-state index in [4.69, 9.17) is 11.6 Å². The van der Waals surface area contributed by atoms with E-state index in [0.29, 0.717) is 22.5 Å². The van der Waals surface area contributed by atoms with Crippen LogP contribution in [0.15, 0.2) is 64.2 Å². The smallest absolute Gasteiger partial charge is 0.234 e. The third kappa shape index (κ3) is 3.44. The maximum Gasteiger partial charge on any atom is 0.234 e. The fraction of sp³-hybridized carbons (Fsp3) is 0.0952. The highest BCUT2D eigenvalue weighted by Gasteiger charge is 2.32. The van der Waals surface area contributed by atoms with Crippen molar-refractivity contribution < 1.29 is 14.4 Å². The second-order valence-electron chi connectivity index (χ2n) is 6.50. The van der Waals surface area contributed by atoms with Gasteiger partial charge in [-0.2, -0.15) is 5.10 Å². The molecule has 0 saturated heterocycles. The van der Waals surface area contributed by atoms with Gasteiger partial charge in [0.15, 0.2) is 22.9 Å². The number of anilines is 1. The van der Waals surface area contributed by atoms with Crippen molar-refractivity contribution in [3.8, 4) is 0 Å². The predicted octanol–water partition coefficient (Wildman–Crippen LogP) is 3.98. The molecule has 150 valence electrons. The number of hydrogen-bond acceptors (Lipinski definition) is 7. The molecule has 30 heavy (non-hydrogen) atoms. The van der Waals surface area contributed by atoms with E-state index in [0.717, 1.165) is 17.3 Å². The Bertz CT molecular complexity index is 1260. The normalized spacial score (nSPS) is 15.3. The summed E-state index contributed by atoms with van der Waals surface area (Å²) in [6.45, 7) is 1.38. The van der Waals surface area contributed by atoms with Gasteiger partial charge in [0.05, 0.1) is 22.3 Å². The summed E-state index contributed by atoms with van der Waals surface area (Å²) in [5.74, 6) is -0.696. The molecule has 9 heteroatoms. The van der Waals surface area contributed by atoms with Gasteiger partial charge in [0.2, 0.25) is 5.78 Å². The summed E-state index contributed by atoms with van der Waals surface area (Å²) in [6, 6.07) is 14.0. The van der Waals surface area contributed by atoms with E-state index in [9.17, 15) is 14.4 Å². The number of aldehydes is 1. The zero-order valence-corrected chi connectivity index (χ0v) is 17.6. The Kier molecular flexibility index (Phi) is 5.27. The number of ketones is 2. The monoisotopic (exact) mass is 438 g/mol. The summed E-state index contributed by atoms with van der Waals surface area (Å²) in [7, 11) is 1.71. The van der Waals surface area contributed by atoms with Crippen molar-refractivity contribution in [2.24, 2.45) is 12.1 Å². The van der Waals surface area contributed by atoms with E-state index < -0.39 is 5.78 Å². The van der Waals surface area contributed by atoms with Crippen LogP contribution >= 0.6 is 23.4 Å². The van der Waals surface area contributed by atoms with Crippen LogP contribution in [0.2, 0.25) is 5.02 Å². The number of allylic oxidation sites excluding steroid dienone is 1. The fourth-order valence-electron chi connectivity index (χ4n) is 3.03. The number of imidazole rings is 1. The Labute approximate surface area is 181 Å². The molecule has 1 aliphatic rings. The Hall–Kier alpha value is -3.23. The molecule has 2 heterocycles. The minimum atomic E-state index is -0.551. The number of hydrazone groups is 1. The summed E-state index contributed by atoms with van der Waals surface area (Å²) in [5.41, 5.74) is 1.85. The number of hydrogen-bond donors (Lipinski definition) is 0. The number of carbonyl (C=O) groups excluding carboxylic acids is 3. The molecule has 0 spiro atoms. The summed E-state index contributed by atoms with van der Waals surface area (Å²) < 4.78 is 1.64. The van der Waals surface area contributed by atoms with Crippen molar-refractivity contribution >= 4 is 63.0 Å². The first kappa shape index (κ1) is 20.1. The Morgan fingerprint density at radius 3 is 2.43 bits per heavy atom. The van der Waals surface area contributed by atoms with Crippen LogP contribution in [-0.2, 0) is 16.6 Å². The number of Topliss-reactive ketones (excluding diaryl/α,β-unsaturated/α-hetero) is 2. The first-order chi connectivity index (χ1) is 14.4. The molecule has 3 aromatic rings. The lowest BCUT2D eigenvalue weighted by atomic mass is 10.2. The van der Waals surface area contributed by atoms with Crippen molar-refractivity contribution in [3.05, 3.63) is 70.0 Å². The zero-order chi connectivity index (χ0) is 21.4. The summed E-state index contributed by atoms with van der Waals surface area (Å²) in [6.07, 6.45) is 0.478. The van der Waals surface area contributed by atoms with E-state index in [-0.39, 0.29) is 27.3 Å².